The molecule has 1 aromatic carbocycles. The lowest BCUT2D eigenvalue weighted by molar-refractivity contribution is -0.138. The van der Waals surface area contributed by atoms with E-state index in [1.165, 1.54) is 0 Å². The van der Waals surface area contributed by atoms with Crippen molar-refractivity contribution in [1.82, 2.24) is 14.8 Å². The van der Waals surface area contributed by atoms with Crippen LogP contribution in [0, 0.1) is 0 Å². The summed E-state index contributed by atoms with van der Waals surface area (Å²) in [4.78, 5) is 19.3. The maximum Gasteiger partial charge on any atom is 0.317 e. The summed E-state index contributed by atoms with van der Waals surface area (Å²) < 4.78 is 0. The summed E-state index contributed by atoms with van der Waals surface area (Å²) in [7, 11) is 3.97. The van der Waals surface area contributed by atoms with Gasteiger partial charge in [-0.2, -0.15) is 0 Å². The minimum Gasteiger partial charge on any atom is -0.480 e. The van der Waals surface area contributed by atoms with Crippen molar-refractivity contribution in [3.63, 3.8) is 0 Å². The molecule has 1 N–H and O–H groups in total. The standard InChI is InChI=1S/C16H21N3O2/c1-18(2)8-9-19(12-16(20)21)11-13-5-6-15-14(10-13)4-3-7-17-15/h3-7,10H,8-9,11-12H2,1-2H3,(H,20,21). The molecule has 0 aliphatic rings. The molecule has 112 valence electrons. The SMILES string of the molecule is CN(C)CCN(CC(=O)O)Cc1ccc2ncccc2c1. The first-order valence-electron chi connectivity index (χ1n) is 6.97. The second-order valence-electron chi connectivity index (χ2n) is 5.44. The number of hydrogen-bond donors (Lipinski definition) is 1. The van der Waals surface area contributed by atoms with Crippen LogP contribution < -0.4 is 0 Å². The van der Waals surface area contributed by atoms with E-state index in [9.17, 15) is 4.79 Å². The summed E-state index contributed by atoms with van der Waals surface area (Å²) in [5.74, 6) is -0.795. The van der Waals surface area contributed by atoms with E-state index in [1.54, 1.807) is 6.20 Å². The summed E-state index contributed by atoms with van der Waals surface area (Å²) in [6.07, 6.45) is 1.77. The Morgan fingerprint density at radius 1 is 1.24 bits per heavy atom. The first-order chi connectivity index (χ1) is 10.0. The smallest absolute Gasteiger partial charge is 0.317 e. The Labute approximate surface area is 124 Å². The number of nitrogens with zero attached hydrogens (tertiary/aromatic N) is 3. The highest BCUT2D eigenvalue weighted by Crippen LogP contribution is 2.14. The first-order valence-corrected chi connectivity index (χ1v) is 6.97. The first kappa shape index (κ1) is 15.4. The van der Waals surface area contributed by atoms with Gasteiger partial charge in [0.1, 0.15) is 0 Å². The van der Waals surface area contributed by atoms with Crippen molar-refractivity contribution in [1.29, 1.82) is 0 Å². The van der Waals surface area contributed by atoms with Gasteiger partial charge in [0.25, 0.3) is 0 Å². The number of pyridine rings is 1. The normalized spacial score (nSPS) is 11.4. The number of aromatic nitrogens is 1. The van der Waals surface area contributed by atoms with Gasteiger partial charge in [0, 0.05) is 31.2 Å². The second kappa shape index (κ2) is 7.15. The summed E-state index contributed by atoms with van der Waals surface area (Å²) in [5, 5.41) is 10.1. The molecule has 0 radical (unpaired) electrons. The van der Waals surface area contributed by atoms with Gasteiger partial charge in [-0.15, -0.1) is 0 Å². The van der Waals surface area contributed by atoms with E-state index in [-0.39, 0.29) is 6.54 Å². The van der Waals surface area contributed by atoms with Crippen molar-refractivity contribution in [2.24, 2.45) is 0 Å². The average Bonchev–Trinajstić information content (AvgIpc) is 2.44. The number of fused-ring (bicyclic) bond motifs is 1. The van der Waals surface area contributed by atoms with Gasteiger partial charge in [0.2, 0.25) is 0 Å². The van der Waals surface area contributed by atoms with Crippen LogP contribution in [0.3, 0.4) is 0 Å². The molecule has 2 rings (SSSR count). The van der Waals surface area contributed by atoms with Gasteiger partial charge in [-0.3, -0.25) is 14.7 Å². The topological polar surface area (TPSA) is 56.7 Å². The molecule has 21 heavy (non-hydrogen) atoms. The van der Waals surface area contributed by atoms with Crippen LogP contribution in [0.25, 0.3) is 10.9 Å². The van der Waals surface area contributed by atoms with Crippen LogP contribution >= 0.6 is 0 Å². The Morgan fingerprint density at radius 2 is 2.05 bits per heavy atom. The number of carbonyl (C=O) groups is 1. The van der Waals surface area contributed by atoms with E-state index in [2.05, 4.69) is 16.0 Å². The predicted molar refractivity (Wildman–Crippen MR) is 83.2 cm³/mol. The molecule has 0 saturated heterocycles. The zero-order chi connectivity index (χ0) is 15.2. The highest BCUT2D eigenvalue weighted by Gasteiger charge is 2.11. The van der Waals surface area contributed by atoms with Gasteiger partial charge in [0.15, 0.2) is 0 Å². The molecule has 0 fully saturated rings. The Balaban J connectivity index is 2.10. The van der Waals surface area contributed by atoms with Crippen LogP contribution in [0.15, 0.2) is 36.5 Å². The fourth-order valence-corrected chi connectivity index (χ4v) is 2.23. The number of likely N-dealkylation sites (N-methyl/N-ethyl adjacent to an activating group) is 1. The fraction of sp³-hybridized carbons (Fsp3) is 0.375. The van der Waals surface area contributed by atoms with Crippen molar-refractivity contribution in [2.45, 2.75) is 6.54 Å². The number of carboxylic acid groups (broad SMARTS) is 1. The van der Waals surface area contributed by atoms with Crippen LogP contribution in [0.2, 0.25) is 0 Å². The molecule has 0 amide bonds. The molecule has 0 spiro atoms. The quantitative estimate of drug-likeness (QED) is 0.839. The van der Waals surface area contributed by atoms with Gasteiger partial charge in [0.05, 0.1) is 12.1 Å². The molecule has 0 atom stereocenters. The Bertz CT molecular complexity index is 613. The van der Waals surface area contributed by atoms with Crippen LogP contribution in [-0.4, -0.2) is 59.6 Å². The van der Waals surface area contributed by atoms with Crippen molar-refractivity contribution >= 4 is 16.9 Å². The second-order valence-corrected chi connectivity index (χ2v) is 5.44. The maximum atomic E-state index is 11.0. The molecule has 2 aromatic rings. The van der Waals surface area contributed by atoms with Crippen molar-refractivity contribution in [3.05, 3.63) is 42.1 Å². The van der Waals surface area contributed by atoms with Gasteiger partial charge in [-0.05, 0) is 37.9 Å². The van der Waals surface area contributed by atoms with Gasteiger partial charge >= 0.3 is 5.97 Å². The molecule has 0 unspecified atom stereocenters. The van der Waals surface area contributed by atoms with Crippen molar-refractivity contribution in [3.8, 4) is 0 Å². The zero-order valence-electron chi connectivity index (χ0n) is 12.5. The number of rotatable bonds is 7. The van der Waals surface area contributed by atoms with Crippen LogP contribution in [-0.2, 0) is 11.3 Å². The lowest BCUT2D eigenvalue weighted by Gasteiger charge is -2.22. The zero-order valence-corrected chi connectivity index (χ0v) is 12.5. The molecule has 0 saturated carbocycles. The van der Waals surface area contributed by atoms with Crippen molar-refractivity contribution in [2.75, 3.05) is 33.7 Å². The molecule has 1 heterocycles. The van der Waals surface area contributed by atoms with Crippen LogP contribution in [0.4, 0.5) is 0 Å². The lowest BCUT2D eigenvalue weighted by atomic mass is 10.1. The lowest BCUT2D eigenvalue weighted by Crippen LogP contribution is -2.35. The Kier molecular flexibility index (Phi) is 5.25. The molecule has 0 aliphatic carbocycles. The molecular formula is C16H21N3O2. The van der Waals surface area contributed by atoms with E-state index in [1.807, 2.05) is 43.3 Å². The largest absolute Gasteiger partial charge is 0.480 e. The van der Waals surface area contributed by atoms with E-state index in [0.29, 0.717) is 6.54 Å². The fourth-order valence-electron chi connectivity index (χ4n) is 2.23. The third-order valence-electron chi connectivity index (χ3n) is 3.30. The minimum absolute atomic E-state index is 0.0545. The van der Waals surface area contributed by atoms with Crippen LogP contribution in [0.5, 0.6) is 0 Å². The van der Waals surface area contributed by atoms with Gasteiger partial charge in [-0.1, -0.05) is 12.1 Å². The number of aliphatic carboxylic acids is 1. The van der Waals surface area contributed by atoms with E-state index in [0.717, 1.165) is 29.6 Å². The molecule has 0 aliphatic heterocycles. The van der Waals surface area contributed by atoms with Crippen LogP contribution in [0.1, 0.15) is 5.56 Å². The summed E-state index contributed by atoms with van der Waals surface area (Å²) in [6.45, 7) is 2.25. The Hall–Kier alpha value is -1.98. The molecule has 5 heteroatoms. The number of hydrogen-bond acceptors (Lipinski definition) is 4. The van der Waals surface area contributed by atoms with Crippen molar-refractivity contribution < 1.29 is 9.90 Å². The maximum absolute atomic E-state index is 11.0. The number of benzene rings is 1. The Morgan fingerprint density at radius 3 is 2.76 bits per heavy atom. The third kappa shape index (κ3) is 4.81. The number of carboxylic acids is 1. The summed E-state index contributed by atoms with van der Waals surface area (Å²) >= 11 is 0. The van der Waals surface area contributed by atoms with E-state index in [4.69, 9.17) is 5.11 Å². The van der Waals surface area contributed by atoms with Gasteiger partial charge in [-0.25, -0.2) is 0 Å². The third-order valence-corrected chi connectivity index (χ3v) is 3.30. The van der Waals surface area contributed by atoms with Gasteiger partial charge < -0.3 is 10.0 Å². The monoisotopic (exact) mass is 287 g/mol. The molecular weight excluding hydrogens is 266 g/mol. The predicted octanol–water partition coefficient (Wildman–Crippen LogP) is 1.68. The highest BCUT2D eigenvalue weighted by molar-refractivity contribution is 5.78. The molecule has 0 bridgehead atoms. The highest BCUT2D eigenvalue weighted by atomic mass is 16.4. The summed E-state index contributed by atoms with van der Waals surface area (Å²) in [5.41, 5.74) is 2.06. The molecule has 5 nitrogen and oxygen atoms in total. The summed E-state index contributed by atoms with van der Waals surface area (Å²) in [6, 6.07) is 10.0. The minimum atomic E-state index is -0.795. The molecule has 1 aromatic heterocycles. The van der Waals surface area contributed by atoms with E-state index < -0.39 is 5.97 Å². The average molecular weight is 287 g/mol. The van der Waals surface area contributed by atoms with E-state index >= 15 is 0 Å².